The fourth-order valence-electron chi connectivity index (χ4n) is 2.21. The molecule has 0 saturated carbocycles. The third kappa shape index (κ3) is 5.59. The fraction of sp³-hybridized carbons (Fsp3) is 0.600. The average Bonchev–Trinajstić information content (AvgIpc) is 2.56. The van der Waals surface area contributed by atoms with Crippen LogP contribution in [0.1, 0.15) is 10.4 Å². The minimum atomic E-state index is -0.101. The molecular weight excluding hydrogens is 284 g/mol. The van der Waals surface area contributed by atoms with Crippen molar-refractivity contribution in [1.29, 1.82) is 0 Å². The van der Waals surface area contributed by atoms with Gasteiger partial charge in [-0.05, 0) is 6.07 Å². The Bertz CT molecular complexity index is 464. The molecule has 1 amide bonds. The molecule has 22 heavy (non-hydrogen) atoms. The lowest BCUT2D eigenvalue weighted by atomic mass is 10.2. The van der Waals surface area contributed by atoms with Gasteiger partial charge < -0.3 is 20.1 Å². The highest BCUT2D eigenvalue weighted by molar-refractivity contribution is 5.94. The van der Waals surface area contributed by atoms with Gasteiger partial charge in [-0.1, -0.05) is 0 Å². The number of methoxy groups -OCH3 is 1. The summed E-state index contributed by atoms with van der Waals surface area (Å²) in [6.45, 7) is 6.15. The monoisotopic (exact) mass is 308 g/mol. The summed E-state index contributed by atoms with van der Waals surface area (Å²) in [5.74, 6) is -0.101. The summed E-state index contributed by atoms with van der Waals surface area (Å²) < 4.78 is 10.3. The van der Waals surface area contributed by atoms with E-state index < -0.39 is 0 Å². The predicted octanol–water partition coefficient (Wildman–Crippen LogP) is 0.202. The summed E-state index contributed by atoms with van der Waals surface area (Å²) in [5.41, 5.74) is 1.38. The molecule has 1 saturated heterocycles. The van der Waals surface area contributed by atoms with E-state index in [2.05, 4.69) is 20.5 Å². The second kappa shape index (κ2) is 9.34. The van der Waals surface area contributed by atoms with Crippen molar-refractivity contribution in [2.24, 2.45) is 0 Å². The van der Waals surface area contributed by atoms with Gasteiger partial charge in [0.15, 0.2) is 0 Å². The van der Waals surface area contributed by atoms with Crippen molar-refractivity contribution in [3.8, 4) is 0 Å². The van der Waals surface area contributed by atoms with Gasteiger partial charge in [0.1, 0.15) is 0 Å². The van der Waals surface area contributed by atoms with Gasteiger partial charge >= 0.3 is 0 Å². The summed E-state index contributed by atoms with van der Waals surface area (Å²) >= 11 is 0. The summed E-state index contributed by atoms with van der Waals surface area (Å²) in [7, 11) is 1.65. The van der Waals surface area contributed by atoms with E-state index in [0.717, 1.165) is 38.5 Å². The van der Waals surface area contributed by atoms with Crippen LogP contribution in [-0.2, 0) is 9.47 Å². The molecule has 1 aliphatic rings. The summed E-state index contributed by atoms with van der Waals surface area (Å²) in [5, 5.41) is 6.09. The maximum absolute atomic E-state index is 12.1. The van der Waals surface area contributed by atoms with Crippen LogP contribution in [-0.4, -0.2) is 75.4 Å². The number of carbonyl (C=O) groups is 1. The molecule has 0 atom stereocenters. The van der Waals surface area contributed by atoms with Gasteiger partial charge in [-0.15, -0.1) is 0 Å². The lowest BCUT2D eigenvalue weighted by molar-refractivity contribution is 0.0383. The van der Waals surface area contributed by atoms with Gasteiger partial charge in [0.05, 0.1) is 31.1 Å². The molecular formula is C15H24N4O3. The molecule has 0 bridgehead atoms. The highest BCUT2D eigenvalue weighted by Gasteiger charge is 2.11. The first-order chi connectivity index (χ1) is 10.8. The van der Waals surface area contributed by atoms with Gasteiger partial charge in [0.2, 0.25) is 0 Å². The normalized spacial score (nSPS) is 15.5. The number of amides is 1. The average molecular weight is 308 g/mol. The van der Waals surface area contributed by atoms with Gasteiger partial charge in [0, 0.05) is 52.2 Å². The van der Waals surface area contributed by atoms with Gasteiger partial charge in [-0.25, -0.2) is 0 Å². The molecule has 7 heteroatoms. The largest absolute Gasteiger partial charge is 0.383 e. The molecule has 1 aromatic rings. The molecule has 2 rings (SSSR count). The molecule has 0 aromatic carbocycles. The Hall–Kier alpha value is -1.70. The second-order valence-electron chi connectivity index (χ2n) is 5.09. The van der Waals surface area contributed by atoms with Gasteiger partial charge in [0.25, 0.3) is 5.91 Å². The van der Waals surface area contributed by atoms with E-state index in [-0.39, 0.29) is 5.91 Å². The zero-order valence-electron chi connectivity index (χ0n) is 13.0. The van der Waals surface area contributed by atoms with Crippen molar-refractivity contribution in [2.45, 2.75) is 0 Å². The molecule has 0 spiro atoms. The molecule has 1 fully saturated rings. The first-order valence-corrected chi connectivity index (χ1v) is 7.56. The van der Waals surface area contributed by atoms with Crippen molar-refractivity contribution in [1.82, 2.24) is 15.2 Å². The molecule has 0 unspecified atom stereocenters. The van der Waals surface area contributed by atoms with E-state index >= 15 is 0 Å². The Balaban J connectivity index is 1.75. The molecule has 7 nitrogen and oxygen atoms in total. The SMILES string of the molecule is COCCNc1cncc(C(=O)NCCN2CCOCC2)c1. The number of anilines is 1. The van der Waals surface area contributed by atoms with Crippen molar-refractivity contribution >= 4 is 11.6 Å². The van der Waals surface area contributed by atoms with E-state index in [4.69, 9.17) is 9.47 Å². The molecule has 2 N–H and O–H groups in total. The number of rotatable bonds is 8. The second-order valence-corrected chi connectivity index (χ2v) is 5.09. The minimum Gasteiger partial charge on any atom is -0.383 e. The van der Waals surface area contributed by atoms with Crippen LogP contribution >= 0.6 is 0 Å². The van der Waals surface area contributed by atoms with Crippen LogP contribution < -0.4 is 10.6 Å². The first-order valence-electron chi connectivity index (χ1n) is 7.56. The van der Waals surface area contributed by atoms with Crippen LogP contribution in [0.3, 0.4) is 0 Å². The third-order valence-corrected chi connectivity index (χ3v) is 3.45. The van der Waals surface area contributed by atoms with Crippen LogP contribution in [0.4, 0.5) is 5.69 Å². The Kier molecular flexibility index (Phi) is 7.08. The highest BCUT2D eigenvalue weighted by atomic mass is 16.5. The number of morpholine rings is 1. The fourth-order valence-corrected chi connectivity index (χ4v) is 2.21. The Morgan fingerprint density at radius 1 is 1.36 bits per heavy atom. The molecule has 122 valence electrons. The maximum Gasteiger partial charge on any atom is 0.252 e. The molecule has 0 radical (unpaired) electrons. The van der Waals surface area contributed by atoms with Crippen molar-refractivity contribution in [3.05, 3.63) is 24.0 Å². The van der Waals surface area contributed by atoms with Crippen LogP contribution in [0.2, 0.25) is 0 Å². The van der Waals surface area contributed by atoms with Crippen LogP contribution in [0.5, 0.6) is 0 Å². The number of hydrogen-bond acceptors (Lipinski definition) is 6. The van der Waals surface area contributed by atoms with E-state index in [0.29, 0.717) is 25.3 Å². The Morgan fingerprint density at radius 3 is 2.95 bits per heavy atom. The lowest BCUT2D eigenvalue weighted by Gasteiger charge is -2.26. The zero-order chi connectivity index (χ0) is 15.6. The van der Waals surface area contributed by atoms with Crippen LogP contribution in [0.15, 0.2) is 18.5 Å². The molecule has 0 aliphatic carbocycles. The summed E-state index contributed by atoms with van der Waals surface area (Å²) in [6, 6.07) is 1.80. The maximum atomic E-state index is 12.1. The van der Waals surface area contributed by atoms with Crippen molar-refractivity contribution in [2.75, 3.05) is 65.0 Å². The Labute approximate surface area is 131 Å². The number of nitrogens with one attached hydrogen (secondary N) is 2. The lowest BCUT2D eigenvalue weighted by Crippen LogP contribution is -2.41. The van der Waals surface area contributed by atoms with E-state index in [1.54, 1.807) is 25.6 Å². The predicted molar refractivity (Wildman–Crippen MR) is 84.2 cm³/mol. The number of ether oxygens (including phenoxy) is 2. The summed E-state index contributed by atoms with van der Waals surface area (Å²) in [6.07, 6.45) is 3.27. The number of aromatic nitrogens is 1. The Morgan fingerprint density at radius 2 is 2.18 bits per heavy atom. The quantitative estimate of drug-likeness (QED) is 0.668. The van der Waals surface area contributed by atoms with E-state index in [9.17, 15) is 4.79 Å². The molecule has 1 aliphatic heterocycles. The molecule has 2 heterocycles. The van der Waals surface area contributed by atoms with E-state index in [1.807, 2.05) is 0 Å². The van der Waals surface area contributed by atoms with Crippen molar-refractivity contribution < 1.29 is 14.3 Å². The van der Waals surface area contributed by atoms with Crippen LogP contribution in [0.25, 0.3) is 0 Å². The third-order valence-electron chi connectivity index (χ3n) is 3.45. The van der Waals surface area contributed by atoms with E-state index in [1.165, 1.54) is 0 Å². The van der Waals surface area contributed by atoms with Gasteiger partial charge in [-0.3, -0.25) is 14.7 Å². The smallest absolute Gasteiger partial charge is 0.252 e. The number of hydrogen-bond donors (Lipinski definition) is 2. The number of pyridine rings is 1. The number of carbonyl (C=O) groups excluding carboxylic acids is 1. The highest BCUT2D eigenvalue weighted by Crippen LogP contribution is 2.08. The van der Waals surface area contributed by atoms with Crippen molar-refractivity contribution in [3.63, 3.8) is 0 Å². The zero-order valence-corrected chi connectivity index (χ0v) is 13.0. The van der Waals surface area contributed by atoms with Crippen LogP contribution in [0, 0.1) is 0 Å². The molecule has 1 aromatic heterocycles. The topological polar surface area (TPSA) is 75.7 Å². The standard InChI is InChI=1S/C15H24N4O3/c1-21-7-3-17-14-10-13(11-16-12-14)15(20)18-2-4-19-5-8-22-9-6-19/h10-12,17H,2-9H2,1H3,(H,18,20). The minimum absolute atomic E-state index is 0.101. The number of nitrogens with zero attached hydrogens (tertiary/aromatic N) is 2. The van der Waals surface area contributed by atoms with Gasteiger partial charge in [-0.2, -0.15) is 0 Å². The first kappa shape index (κ1) is 16.7. The summed E-state index contributed by atoms with van der Waals surface area (Å²) in [4.78, 5) is 18.5.